The molecule has 2 aromatic carbocycles. The number of ether oxygens (including phenoxy) is 1. The number of hydrogen-bond acceptors (Lipinski definition) is 7. The molecule has 0 bridgehead atoms. The predicted octanol–water partition coefficient (Wildman–Crippen LogP) is 1.87. The van der Waals surface area contributed by atoms with Crippen LogP contribution >= 0.6 is 0 Å². The first kappa shape index (κ1) is 18.7. The van der Waals surface area contributed by atoms with E-state index in [1.54, 1.807) is 0 Å². The molecule has 0 unspecified atom stereocenters. The third-order valence-electron chi connectivity index (χ3n) is 3.28. The number of aromatic hydroxyl groups is 2. The number of carboxylic acids is 1. The van der Waals surface area contributed by atoms with Gasteiger partial charge in [-0.15, -0.1) is 0 Å². The molecule has 0 heterocycles. The van der Waals surface area contributed by atoms with Crippen LogP contribution in [-0.4, -0.2) is 53.3 Å². The number of carbonyl (C=O) groups is 2. The van der Waals surface area contributed by atoms with Crippen molar-refractivity contribution >= 4 is 24.9 Å². The van der Waals surface area contributed by atoms with Crippen molar-refractivity contribution < 1.29 is 29.6 Å². The van der Waals surface area contributed by atoms with E-state index in [9.17, 15) is 19.8 Å². The number of phenolic OH excluding ortho intramolecular Hbond substituents is 2. The number of carbonyl (C=O) groups excluding carboxylic acids is 1. The lowest BCUT2D eigenvalue weighted by atomic mass is 10.1. The van der Waals surface area contributed by atoms with Crippen molar-refractivity contribution in [3.8, 4) is 17.2 Å². The van der Waals surface area contributed by atoms with Crippen molar-refractivity contribution in [1.82, 2.24) is 0 Å². The van der Waals surface area contributed by atoms with Crippen LogP contribution in [0.3, 0.4) is 0 Å². The molecule has 8 heteroatoms. The molecule has 0 aliphatic carbocycles. The molecule has 134 valence electrons. The smallest absolute Gasteiger partial charge is 0.335 e. The Hall–Kier alpha value is -3.68. The highest BCUT2D eigenvalue weighted by Crippen LogP contribution is 2.21. The number of aliphatic imine (C=N–C) groups is 2. The van der Waals surface area contributed by atoms with Gasteiger partial charge >= 0.3 is 5.97 Å². The van der Waals surface area contributed by atoms with Crippen molar-refractivity contribution in [2.24, 2.45) is 9.98 Å². The number of nitrogens with zero attached hydrogens (tertiary/aromatic N) is 2. The maximum absolute atomic E-state index is 10.9. The summed E-state index contributed by atoms with van der Waals surface area (Å²) in [7, 11) is 0. The van der Waals surface area contributed by atoms with Crippen molar-refractivity contribution in [2.45, 2.75) is 0 Å². The fourth-order valence-electron chi connectivity index (χ4n) is 2.00. The summed E-state index contributed by atoms with van der Waals surface area (Å²) in [6, 6.07) is 8.21. The molecule has 0 spiro atoms. The van der Waals surface area contributed by atoms with E-state index in [2.05, 4.69) is 9.98 Å². The fourth-order valence-corrected chi connectivity index (χ4v) is 2.00. The van der Waals surface area contributed by atoms with Gasteiger partial charge in [0.2, 0.25) is 0 Å². The van der Waals surface area contributed by atoms with Crippen LogP contribution in [0.4, 0.5) is 0 Å². The van der Waals surface area contributed by atoms with Gasteiger partial charge in [-0.3, -0.25) is 14.8 Å². The number of phenols is 2. The average Bonchev–Trinajstić information content (AvgIpc) is 2.61. The van der Waals surface area contributed by atoms with Gasteiger partial charge in [0.1, 0.15) is 17.2 Å². The molecule has 0 aliphatic rings. The van der Waals surface area contributed by atoms with Crippen LogP contribution in [-0.2, 0) is 4.79 Å². The minimum absolute atomic E-state index is 0.00842. The summed E-state index contributed by atoms with van der Waals surface area (Å²) >= 11 is 0. The first-order valence-corrected chi connectivity index (χ1v) is 7.50. The molecule has 2 rings (SSSR count). The summed E-state index contributed by atoms with van der Waals surface area (Å²) in [6.07, 6.45) is 2.79. The zero-order valence-electron chi connectivity index (χ0n) is 13.6. The Bertz CT molecular complexity index is 861. The van der Waals surface area contributed by atoms with Gasteiger partial charge in [0.15, 0.2) is 0 Å². The summed E-state index contributed by atoms with van der Waals surface area (Å²) in [4.78, 5) is 29.4. The summed E-state index contributed by atoms with van der Waals surface area (Å²) in [5.74, 6) is -0.888. The van der Waals surface area contributed by atoms with Gasteiger partial charge in [-0.2, -0.15) is 0 Å². The Balaban J connectivity index is 1.94. The van der Waals surface area contributed by atoms with E-state index in [-0.39, 0.29) is 29.3 Å². The highest BCUT2D eigenvalue weighted by atomic mass is 16.5. The SMILES string of the molecule is O=COc1ccc(O)c(C=NCCN=Cc2cc(C(=O)O)ccc2O)c1. The van der Waals surface area contributed by atoms with Gasteiger partial charge < -0.3 is 20.1 Å². The van der Waals surface area contributed by atoms with E-state index in [1.807, 2.05) is 0 Å². The maximum atomic E-state index is 10.9. The van der Waals surface area contributed by atoms with Gasteiger partial charge in [-0.25, -0.2) is 4.79 Å². The minimum atomic E-state index is -1.09. The van der Waals surface area contributed by atoms with Crippen LogP contribution in [0.15, 0.2) is 46.4 Å². The quantitative estimate of drug-likeness (QED) is 0.376. The van der Waals surface area contributed by atoms with Crippen LogP contribution in [0, 0.1) is 0 Å². The lowest BCUT2D eigenvalue weighted by Crippen LogP contribution is -1.98. The Kier molecular flexibility index (Phi) is 6.44. The summed E-state index contributed by atoms with van der Waals surface area (Å²) in [5.41, 5.74) is 0.737. The van der Waals surface area contributed by atoms with Gasteiger partial charge in [-0.1, -0.05) is 0 Å². The molecule has 3 N–H and O–H groups in total. The molecule has 0 fully saturated rings. The molecule has 0 saturated carbocycles. The zero-order valence-corrected chi connectivity index (χ0v) is 13.6. The van der Waals surface area contributed by atoms with E-state index in [0.717, 1.165) is 0 Å². The number of aromatic carboxylic acids is 1. The minimum Gasteiger partial charge on any atom is -0.507 e. The van der Waals surface area contributed by atoms with Crippen LogP contribution in [0.5, 0.6) is 17.2 Å². The van der Waals surface area contributed by atoms with Gasteiger partial charge in [0.25, 0.3) is 6.47 Å². The molecule has 26 heavy (non-hydrogen) atoms. The third-order valence-corrected chi connectivity index (χ3v) is 3.28. The predicted molar refractivity (Wildman–Crippen MR) is 94.8 cm³/mol. The van der Waals surface area contributed by atoms with Crippen LogP contribution in [0.25, 0.3) is 0 Å². The van der Waals surface area contributed by atoms with Crippen molar-refractivity contribution in [2.75, 3.05) is 13.1 Å². The number of hydrogen-bond donors (Lipinski definition) is 3. The summed E-state index contributed by atoms with van der Waals surface area (Å²) in [6.45, 7) is 0.878. The Morgan fingerprint density at radius 2 is 1.54 bits per heavy atom. The van der Waals surface area contributed by atoms with Gasteiger partial charge in [-0.05, 0) is 36.4 Å². The molecule has 0 aliphatic heterocycles. The second-order valence-corrected chi connectivity index (χ2v) is 5.08. The summed E-state index contributed by atoms with van der Waals surface area (Å²) in [5, 5.41) is 28.3. The lowest BCUT2D eigenvalue weighted by molar-refractivity contribution is -0.120. The lowest BCUT2D eigenvalue weighted by Gasteiger charge is -2.02. The van der Waals surface area contributed by atoms with E-state index < -0.39 is 5.97 Å². The van der Waals surface area contributed by atoms with Crippen LogP contribution in [0.1, 0.15) is 21.5 Å². The van der Waals surface area contributed by atoms with Crippen molar-refractivity contribution in [3.63, 3.8) is 0 Å². The second kappa shape index (κ2) is 8.97. The Morgan fingerprint density at radius 1 is 0.962 bits per heavy atom. The fraction of sp³-hybridized carbons (Fsp3) is 0.111. The number of benzene rings is 2. The highest BCUT2D eigenvalue weighted by molar-refractivity contribution is 5.92. The molecule has 0 aromatic heterocycles. The average molecular weight is 356 g/mol. The first-order chi connectivity index (χ1) is 12.5. The standard InChI is InChI=1S/C18H16N2O6/c21-11-26-15-2-4-17(23)14(8-15)10-20-6-5-19-9-13-7-12(18(24)25)1-3-16(13)22/h1-4,7-11,22-23H,5-6H2,(H,24,25). The largest absolute Gasteiger partial charge is 0.507 e. The van der Waals surface area contributed by atoms with Crippen LogP contribution in [0.2, 0.25) is 0 Å². The molecule has 0 atom stereocenters. The topological polar surface area (TPSA) is 129 Å². The van der Waals surface area contributed by atoms with Gasteiger partial charge in [0, 0.05) is 23.6 Å². The van der Waals surface area contributed by atoms with Gasteiger partial charge in [0.05, 0.1) is 18.7 Å². The second-order valence-electron chi connectivity index (χ2n) is 5.08. The Labute approximate surface area is 148 Å². The Morgan fingerprint density at radius 3 is 2.12 bits per heavy atom. The molecule has 0 radical (unpaired) electrons. The molecular formula is C18H16N2O6. The van der Waals surface area contributed by atoms with E-state index in [4.69, 9.17) is 9.84 Å². The zero-order chi connectivity index (χ0) is 18.9. The molecule has 8 nitrogen and oxygen atoms in total. The normalized spacial score (nSPS) is 11.1. The van der Waals surface area contributed by atoms with Crippen molar-refractivity contribution in [1.29, 1.82) is 0 Å². The number of rotatable bonds is 8. The third kappa shape index (κ3) is 5.17. The molecular weight excluding hydrogens is 340 g/mol. The highest BCUT2D eigenvalue weighted by Gasteiger charge is 2.06. The summed E-state index contributed by atoms with van der Waals surface area (Å²) < 4.78 is 4.69. The van der Waals surface area contributed by atoms with Crippen molar-refractivity contribution in [3.05, 3.63) is 53.1 Å². The monoisotopic (exact) mass is 356 g/mol. The van der Waals surface area contributed by atoms with E-state index in [1.165, 1.54) is 48.8 Å². The molecule has 0 saturated heterocycles. The number of carboxylic acid groups (broad SMARTS) is 1. The maximum Gasteiger partial charge on any atom is 0.335 e. The first-order valence-electron chi connectivity index (χ1n) is 7.50. The molecule has 2 aromatic rings. The van der Waals surface area contributed by atoms with Crippen LogP contribution < -0.4 is 4.74 Å². The van der Waals surface area contributed by atoms with E-state index >= 15 is 0 Å². The van der Waals surface area contributed by atoms with E-state index in [0.29, 0.717) is 24.2 Å². The molecule has 0 amide bonds.